The van der Waals surface area contributed by atoms with E-state index in [1.807, 2.05) is 54.6 Å². The summed E-state index contributed by atoms with van der Waals surface area (Å²) in [5, 5.41) is 0. The van der Waals surface area contributed by atoms with Gasteiger partial charge in [0.25, 0.3) is 0 Å². The highest BCUT2D eigenvalue weighted by atomic mass is 79.9. The molecule has 90 valence electrons. The van der Waals surface area contributed by atoms with Crippen LogP contribution in [-0.4, -0.2) is 5.78 Å². The minimum atomic E-state index is 0.00620. The van der Waals surface area contributed by atoms with Crippen LogP contribution in [0.25, 0.3) is 6.08 Å². The van der Waals surface area contributed by atoms with Crippen molar-refractivity contribution in [1.29, 1.82) is 0 Å². The van der Waals surface area contributed by atoms with Gasteiger partial charge in [-0.25, -0.2) is 0 Å². The summed E-state index contributed by atoms with van der Waals surface area (Å²) in [7, 11) is 0. The van der Waals surface area contributed by atoms with Crippen molar-refractivity contribution in [2.24, 2.45) is 0 Å². The Bertz CT molecular complexity index is 568. The second-order valence-corrected chi connectivity index (χ2v) is 5.60. The molecule has 0 bridgehead atoms. The van der Waals surface area contributed by atoms with Gasteiger partial charge in [0.1, 0.15) is 0 Å². The Morgan fingerprint density at radius 1 is 0.944 bits per heavy atom. The number of rotatable bonds is 3. The molecule has 0 heterocycles. The molecule has 0 spiro atoms. The van der Waals surface area contributed by atoms with E-state index in [0.717, 1.165) is 14.5 Å². The topological polar surface area (TPSA) is 17.1 Å². The third kappa shape index (κ3) is 3.65. The molecule has 1 nitrogen and oxygen atoms in total. The largest absolute Gasteiger partial charge is 0.289 e. The van der Waals surface area contributed by atoms with Crippen LogP contribution in [0.2, 0.25) is 0 Å². The van der Waals surface area contributed by atoms with E-state index in [1.54, 1.807) is 6.08 Å². The number of hydrogen-bond acceptors (Lipinski definition) is 1. The van der Waals surface area contributed by atoms with E-state index in [2.05, 4.69) is 31.9 Å². The van der Waals surface area contributed by atoms with Gasteiger partial charge < -0.3 is 0 Å². The van der Waals surface area contributed by atoms with Crippen molar-refractivity contribution in [3.63, 3.8) is 0 Å². The lowest BCUT2D eigenvalue weighted by molar-refractivity contribution is 0.104. The van der Waals surface area contributed by atoms with Crippen LogP contribution in [0, 0.1) is 0 Å². The first-order chi connectivity index (χ1) is 8.65. The fraction of sp³-hybridized carbons (Fsp3) is 0. The number of ketones is 1. The van der Waals surface area contributed by atoms with Crippen molar-refractivity contribution in [3.05, 3.63) is 74.7 Å². The summed E-state index contributed by atoms with van der Waals surface area (Å²) in [6.07, 6.45) is 3.40. The number of benzene rings is 2. The van der Waals surface area contributed by atoms with Crippen LogP contribution >= 0.6 is 31.9 Å². The van der Waals surface area contributed by atoms with Gasteiger partial charge in [0.05, 0.1) is 0 Å². The molecule has 0 radical (unpaired) electrons. The molecule has 0 amide bonds. The number of hydrogen-bond donors (Lipinski definition) is 0. The second-order valence-electron chi connectivity index (χ2n) is 3.77. The lowest BCUT2D eigenvalue weighted by atomic mass is 10.1. The van der Waals surface area contributed by atoms with Crippen molar-refractivity contribution in [2.75, 3.05) is 0 Å². The average molecular weight is 366 g/mol. The first kappa shape index (κ1) is 13.2. The third-order valence-corrected chi connectivity index (χ3v) is 3.29. The zero-order valence-corrected chi connectivity index (χ0v) is 12.6. The Balaban J connectivity index is 2.18. The quantitative estimate of drug-likeness (QED) is 0.545. The first-order valence-electron chi connectivity index (χ1n) is 5.39. The SMILES string of the molecule is O=C(C=Cc1cc(Br)cc(Br)c1)c1ccccc1. The van der Waals surface area contributed by atoms with Gasteiger partial charge in [-0.1, -0.05) is 68.3 Å². The summed E-state index contributed by atoms with van der Waals surface area (Å²) >= 11 is 6.83. The zero-order chi connectivity index (χ0) is 13.0. The molecule has 0 saturated heterocycles. The highest BCUT2D eigenvalue weighted by Crippen LogP contribution is 2.21. The van der Waals surface area contributed by atoms with Crippen LogP contribution in [0.5, 0.6) is 0 Å². The van der Waals surface area contributed by atoms with Gasteiger partial charge in [-0.05, 0) is 29.8 Å². The van der Waals surface area contributed by atoms with Crippen LogP contribution < -0.4 is 0 Å². The summed E-state index contributed by atoms with van der Waals surface area (Å²) in [5.41, 5.74) is 1.67. The monoisotopic (exact) mass is 364 g/mol. The molecule has 0 aromatic heterocycles. The van der Waals surface area contributed by atoms with Gasteiger partial charge in [0, 0.05) is 14.5 Å². The van der Waals surface area contributed by atoms with Crippen LogP contribution in [-0.2, 0) is 0 Å². The first-order valence-corrected chi connectivity index (χ1v) is 6.97. The molecule has 2 aromatic carbocycles. The van der Waals surface area contributed by atoms with Crippen LogP contribution in [0.3, 0.4) is 0 Å². The van der Waals surface area contributed by atoms with Crippen molar-refractivity contribution in [2.45, 2.75) is 0 Å². The molecular weight excluding hydrogens is 356 g/mol. The van der Waals surface area contributed by atoms with E-state index in [-0.39, 0.29) is 5.78 Å². The van der Waals surface area contributed by atoms with E-state index in [0.29, 0.717) is 5.56 Å². The van der Waals surface area contributed by atoms with Gasteiger partial charge in [-0.2, -0.15) is 0 Å². The fourth-order valence-corrected chi connectivity index (χ4v) is 2.87. The van der Waals surface area contributed by atoms with E-state index in [1.165, 1.54) is 0 Å². The Kier molecular flexibility index (Phi) is 4.50. The highest BCUT2D eigenvalue weighted by molar-refractivity contribution is 9.11. The van der Waals surface area contributed by atoms with Gasteiger partial charge in [-0.3, -0.25) is 4.79 Å². The van der Waals surface area contributed by atoms with Crippen molar-refractivity contribution < 1.29 is 4.79 Å². The van der Waals surface area contributed by atoms with Gasteiger partial charge in [-0.15, -0.1) is 0 Å². The molecule has 0 aliphatic carbocycles. The molecule has 0 saturated carbocycles. The van der Waals surface area contributed by atoms with Crippen LogP contribution in [0.4, 0.5) is 0 Å². The Morgan fingerprint density at radius 2 is 1.56 bits per heavy atom. The van der Waals surface area contributed by atoms with E-state index in [4.69, 9.17) is 0 Å². The lowest BCUT2D eigenvalue weighted by Crippen LogP contribution is -1.92. The summed E-state index contributed by atoms with van der Waals surface area (Å²) in [6, 6.07) is 15.1. The molecule has 0 unspecified atom stereocenters. The van der Waals surface area contributed by atoms with E-state index < -0.39 is 0 Å². The number of carbonyl (C=O) groups is 1. The standard InChI is InChI=1S/C15H10Br2O/c16-13-8-11(9-14(17)10-13)6-7-15(18)12-4-2-1-3-5-12/h1-10H. The second kappa shape index (κ2) is 6.12. The number of carbonyl (C=O) groups excluding carboxylic acids is 1. The maximum absolute atomic E-state index is 11.9. The fourth-order valence-electron chi connectivity index (χ4n) is 1.54. The molecule has 2 rings (SSSR count). The Hall–Kier alpha value is -1.19. The molecule has 18 heavy (non-hydrogen) atoms. The van der Waals surface area contributed by atoms with Gasteiger partial charge in [0.15, 0.2) is 5.78 Å². The summed E-state index contributed by atoms with van der Waals surface area (Å²) in [4.78, 5) is 11.9. The molecule has 3 heteroatoms. The molecule has 2 aromatic rings. The molecule has 0 fully saturated rings. The minimum absolute atomic E-state index is 0.00620. The van der Waals surface area contributed by atoms with Crippen LogP contribution in [0.15, 0.2) is 63.6 Å². The Morgan fingerprint density at radius 3 is 2.17 bits per heavy atom. The lowest BCUT2D eigenvalue weighted by Gasteiger charge is -1.98. The van der Waals surface area contributed by atoms with E-state index in [9.17, 15) is 4.79 Å². The average Bonchev–Trinajstić information content (AvgIpc) is 2.36. The van der Waals surface area contributed by atoms with Crippen molar-refractivity contribution in [1.82, 2.24) is 0 Å². The van der Waals surface area contributed by atoms with Crippen molar-refractivity contribution >= 4 is 43.7 Å². The van der Waals surface area contributed by atoms with Gasteiger partial charge in [0.2, 0.25) is 0 Å². The maximum Gasteiger partial charge on any atom is 0.185 e. The third-order valence-electron chi connectivity index (χ3n) is 2.37. The summed E-state index contributed by atoms with van der Waals surface area (Å²) < 4.78 is 1.95. The molecule has 0 N–H and O–H groups in total. The zero-order valence-electron chi connectivity index (χ0n) is 9.44. The molecular formula is C15H10Br2O. The van der Waals surface area contributed by atoms with Crippen molar-refractivity contribution in [3.8, 4) is 0 Å². The van der Waals surface area contributed by atoms with Gasteiger partial charge >= 0.3 is 0 Å². The summed E-state index contributed by atoms with van der Waals surface area (Å²) in [5.74, 6) is 0.00620. The van der Waals surface area contributed by atoms with E-state index >= 15 is 0 Å². The molecule has 0 atom stereocenters. The summed E-state index contributed by atoms with van der Waals surface area (Å²) in [6.45, 7) is 0. The number of allylic oxidation sites excluding steroid dienone is 1. The Labute approximate surface area is 123 Å². The molecule has 0 aliphatic heterocycles. The predicted molar refractivity (Wildman–Crippen MR) is 81.6 cm³/mol. The van der Waals surface area contributed by atoms with Crippen LogP contribution in [0.1, 0.15) is 15.9 Å². The predicted octanol–water partition coefficient (Wildman–Crippen LogP) is 5.11. The number of halogens is 2. The minimum Gasteiger partial charge on any atom is -0.289 e. The highest BCUT2D eigenvalue weighted by Gasteiger charge is 2.00. The normalized spacial score (nSPS) is 10.8. The smallest absolute Gasteiger partial charge is 0.185 e. The maximum atomic E-state index is 11.9. The molecule has 0 aliphatic rings.